The minimum absolute atomic E-state index is 0.0469. The van der Waals surface area contributed by atoms with Crippen LogP contribution in [-0.4, -0.2) is 42.5 Å². The molecule has 140 valence electrons. The van der Waals surface area contributed by atoms with Gasteiger partial charge in [0.2, 0.25) is 5.91 Å². The van der Waals surface area contributed by atoms with E-state index in [1.807, 2.05) is 40.6 Å². The Morgan fingerprint density at radius 1 is 1.41 bits per heavy atom. The number of carbonyl (C=O) groups is 1. The van der Waals surface area contributed by atoms with Crippen molar-refractivity contribution in [3.8, 4) is 16.3 Å². The van der Waals surface area contributed by atoms with Gasteiger partial charge in [0, 0.05) is 36.1 Å². The number of methoxy groups -OCH3 is 1. The monoisotopic (exact) mass is 383 g/mol. The smallest absolute Gasteiger partial charge is 0.229 e. The molecule has 3 aromatic rings. The Morgan fingerprint density at radius 3 is 3.11 bits per heavy atom. The molecule has 0 saturated carbocycles. The average Bonchev–Trinajstić information content (AvgIpc) is 3.39. The summed E-state index contributed by atoms with van der Waals surface area (Å²) < 4.78 is 10.6. The number of furan rings is 1. The number of aromatic nitrogens is 1. The Balaban J connectivity index is 1.53. The van der Waals surface area contributed by atoms with E-state index in [1.165, 1.54) is 11.3 Å². The highest BCUT2D eigenvalue weighted by Crippen LogP contribution is 2.31. The van der Waals surface area contributed by atoms with Crippen molar-refractivity contribution < 1.29 is 13.9 Å². The van der Waals surface area contributed by atoms with Gasteiger partial charge in [-0.2, -0.15) is 0 Å². The number of piperazine rings is 1. The molecule has 0 spiro atoms. The molecule has 4 rings (SSSR count). The zero-order chi connectivity index (χ0) is 18.6. The molecule has 2 aromatic heterocycles. The first-order valence-corrected chi connectivity index (χ1v) is 9.74. The van der Waals surface area contributed by atoms with E-state index in [0.29, 0.717) is 19.5 Å². The molecule has 1 saturated heterocycles. The number of thiazole rings is 1. The molecule has 0 aliphatic carbocycles. The maximum Gasteiger partial charge on any atom is 0.229 e. The van der Waals surface area contributed by atoms with Crippen molar-refractivity contribution in [1.82, 2.24) is 15.2 Å². The fraction of sp³-hybridized carbons (Fsp3) is 0.300. The minimum atomic E-state index is -0.0469. The number of nitrogens with zero attached hydrogens (tertiary/aromatic N) is 2. The normalized spacial score (nSPS) is 17.1. The Kier molecular flexibility index (Phi) is 5.22. The molecule has 0 radical (unpaired) electrons. The molecule has 1 amide bonds. The Morgan fingerprint density at radius 2 is 2.30 bits per heavy atom. The quantitative estimate of drug-likeness (QED) is 0.733. The average molecular weight is 383 g/mol. The number of nitrogens with one attached hydrogen (secondary N) is 1. The number of carbonyl (C=O) groups excluding carboxylic acids is 1. The fourth-order valence-electron chi connectivity index (χ4n) is 3.39. The van der Waals surface area contributed by atoms with Crippen LogP contribution in [0.3, 0.4) is 0 Å². The summed E-state index contributed by atoms with van der Waals surface area (Å²) in [5.41, 5.74) is 2.75. The lowest BCUT2D eigenvalue weighted by atomic mass is 10.0. The second-order valence-electron chi connectivity index (χ2n) is 6.38. The summed E-state index contributed by atoms with van der Waals surface area (Å²) in [6, 6.07) is 9.71. The van der Waals surface area contributed by atoms with E-state index in [-0.39, 0.29) is 11.9 Å². The van der Waals surface area contributed by atoms with Crippen molar-refractivity contribution in [2.75, 3.05) is 26.7 Å². The van der Waals surface area contributed by atoms with E-state index in [1.54, 1.807) is 19.6 Å². The summed E-state index contributed by atoms with van der Waals surface area (Å²) in [6.45, 7) is 2.17. The van der Waals surface area contributed by atoms with Crippen LogP contribution in [-0.2, 0) is 11.2 Å². The predicted molar refractivity (Wildman–Crippen MR) is 104 cm³/mol. The van der Waals surface area contributed by atoms with E-state index in [9.17, 15) is 4.79 Å². The van der Waals surface area contributed by atoms with Crippen LogP contribution in [0.15, 0.2) is 52.7 Å². The molecule has 1 aromatic carbocycles. The van der Waals surface area contributed by atoms with E-state index in [2.05, 4.69) is 10.3 Å². The Hall–Kier alpha value is -2.64. The van der Waals surface area contributed by atoms with Gasteiger partial charge >= 0.3 is 0 Å². The molecule has 7 heteroatoms. The number of hydrogen-bond donors (Lipinski definition) is 1. The van der Waals surface area contributed by atoms with Gasteiger partial charge in [0.1, 0.15) is 17.0 Å². The van der Waals surface area contributed by atoms with Crippen LogP contribution in [0.5, 0.6) is 5.75 Å². The summed E-state index contributed by atoms with van der Waals surface area (Å²) >= 11 is 1.52. The third-order valence-electron chi connectivity index (χ3n) is 4.71. The number of para-hydroxylation sites is 1. The van der Waals surface area contributed by atoms with Gasteiger partial charge in [0.25, 0.3) is 0 Å². The summed E-state index contributed by atoms with van der Waals surface area (Å²) in [4.78, 5) is 19.6. The Bertz CT molecular complexity index is 907. The van der Waals surface area contributed by atoms with Crippen LogP contribution in [0.4, 0.5) is 0 Å². The van der Waals surface area contributed by atoms with Crippen LogP contribution >= 0.6 is 11.3 Å². The van der Waals surface area contributed by atoms with Crippen molar-refractivity contribution in [3.63, 3.8) is 0 Å². The number of hydrogen-bond acceptors (Lipinski definition) is 6. The van der Waals surface area contributed by atoms with Crippen LogP contribution in [0.2, 0.25) is 0 Å². The van der Waals surface area contributed by atoms with Gasteiger partial charge in [-0.25, -0.2) is 4.98 Å². The van der Waals surface area contributed by atoms with E-state index < -0.39 is 0 Å². The molecule has 1 unspecified atom stereocenters. The SMILES string of the molecule is COc1ccccc1C1CNCCN1C(=O)Cc1csc(-c2ccoc2)n1. The number of ether oxygens (including phenoxy) is 1. The molecule has 1 aliphatic rings. The van der Waals surface area contributed by atoms with Crippen LogP contribution in [0.25, 0.3) is 10.6 Å². The zero-order valence-electron chi connectivity index (χ0n) is 15.1. The topological polar surface area (TPSA) is 67.6 Å². The molecular formula is C20H21N3O3S. The summed E-state index contributed by atoms with van der Waals surface area (Å²) in [5.74, 6) is 0.886. The van der Waals surface area contributed by atoms with Gasteiger partial charge < -0.3 is 19.4 Å². The molecule has 1 aliphatic heterocycles. The van der Waals surface area contributed by atoms with Crippen molar-refractivity contribution in [2.45, 2.75) is 12.5 Å². The first-order chi connectivity index (χ1) is 13.3. The van der Waals surface area contributed by atoms with Crippen molar-refractivity contribution in [3.05, 3.63) is 59.5 Å². The second-order valence-corrected chi connectivity index (χ2v) is 7.24. The Labute approximate surface area is 161 Å². The van der Waals surface area contributed by atoms with Crippen LogP contribution < -0.4 is 10.1 Å². The zero-order valence-corrected chi connectivity index (χ0v) is 15.9. The summed E-state index contributed by atoms with van der Waals surface area (Å²) in [6.07, 6.45) is 3.58. The maximum atomic E-state index is 13.1. The number of rotatable bonds is 5. The standard InChI is InChI=1S/C20H21N3O3S/c1-25-18-5-3-2-4-16(18)17-11-21-7-8-23(17)19(24)10-15-13-27-20(22-15)14-6-9-26-12-14/h2-6,9,12-13,17,21H,7-8,10-11H2,1H3. The van der Waals surface area contributed by atoms with Gasteiger partial charge in [0.05, 0.1) is 31.5 Å². The second kappa shape index (κ2) is 7.94. The van der Waals surface area contributed by atoms with Gasteiger partial charge in [-0.15, -0.1) is 11.3 Å². The van der Waals surface area contributed by atoms with Crippen molar-refractivity contribution >= 4 is 17.2 Å². The largest absolute Gasteiger partial charge is 0.496 e. The highest BCUT2D eigenvalue weighted by atomic mass is 32.1. The molecule has 27 heavy (non-hydrogen) atoms. The summed E-state index contributed by atoms with van der Waals surface area (Å²) in [7, 11) is 1.66. The first kappa shape index (κ1) is 17.8. The third kappa shape index (κ3) is 3.74. The van der Waals surface area contributed by atoms with Gasteiger partial charge in [-0.1, -0.05) is 18.2 Å². The molecule has 3 heterocycles. The van der Waals surface area contributed by atoms with Gasteiger partial charge in [-0.05, 0) is 12.1 Å². The third-order valence-corrected chi connectivity index (χ3v) is 5.65. The van der Waals surface area contributed by atoms with Crippen molar-refractivity contribution in [2.24, 2.45) is 0 Å². The lowest BCUT2D eigenvalue weighted by molar-refractivity contribution is -0.133. The molecule has 6 nitrogen and oxygen atoms in total. The van der Waals surface area contributed by atoms with E-state index >= 15 is 0 Å². The molecule has 1 N–H and O–H groups in total. The van der Waals surface area contributed by atoms with Crippen LogP contribution in [0, 0.1) is 0 Å². The van der Waals surface area contributed by atoms with E-state index in [0.717, 1.165) is 34.1 Å². The van der Waals surface area contributed by atoms with Crippen molar-refractivity contribution in [1.29, 1.82) is 0 Å². The number of benzene rings is 1. The molecule has 1 fully saturated rings. The predicted octanol–water partition coefficient (Wildman–Crippen LogP) is 3.13. The minimum Gasteiger partial charge on any atom is -0.496 e. The highest BCUT2D eigenvalue weighted by molar-refractivity contribution is 7.13. The fourth-order valence-corrected chi connectivity index (χ4v) is 4.19. The molecule has 0 bridgehead atoms. The van der Waals surface area contributed by atoms with Crippen LogP contribution in [0.1, 0.15) is 17.3 Å². The highest BCUT2D eigenvalue weighted by Gasteiger charge is 2.30. The lowest BCUT2D eigenvalue weighted by Crippen LogP contribution is -2.49. The summed E-state index contributed by atoms with van der Waals surface area (Å²) in [5, 5.41) is 6.20. The van der Waals surface area contributed by atoms with Gasteiger partial charge in [-0.3, -0.25) is 4.79 Å². The van der Waals surface area contributed by atoms with E-state index in [4.69, 9.17) is 9.15 Å². The molecule has 1 atom stereocenters. The first-order valence-electron chi connectivity index (χ1n) is 8.86. The van der Waals surface area contributed by atoms with Gasteiger partial charge in [0.15, 0.2) is 0 Å². The molecular weight excluding hydrogens is 362 g/mol. The number of amides is 1. The maximum absolute atomic E-state index is 13.1. The lowest BCUT2D eigenvalue weighted by Gasteiger charge is -2.37.